The van der Waals surface area contributed by atoms with Crippen molar-refractivity contribution in [3.05, 3.63) is 31.1 Å². The van der Waals surface area contributed by atoms with Crippen LogP contribution < -0.4 is 4.72 Å². The minimum absolute atomic E-state index is 0.164. The van der Waals surface area contributed by atoms with Crippen LogP contribution in [0, 0.1) is 0 Å². The van der Waals surface area contributed by atoms with Crippen molar-refractivity contribution in [1.82, 2.24) is 24.5 Å². The second-order valence-corrected chi connectivity index (χ2v) is 5.61. The number of H-pyrrole nitrogens is 1. The molecule has 0 atom stereocenters. The van der Waals surface area contributed by atoms with E-state index in [9.17, 15) is 8.42 Å². The van der Waals surface area contributed by atoms with Crippen LogP contribution in [0.2, 0.25) is 0 Å². The van der Waals surface area contributed by atoms with Crippen molar-refractivity contribution in [2.45, 2.75) is 24.3 Å². The molecule has 0 aliphatic rings. The molecule has 0 saturated heterocycles. The highest BCUT2D eigenvalue weighted by atomic mass is 32.2. The van der Waals surface area contributed by atoms with Gasteiger partial charge in [-0.1, -0.05) is 0 Å². The molecule has 2 rings (SSSR count). The Morgan fingerprint density at radius 3 is 2.94 bits per heavy atom. The fourth-order valence-electron chi connectivity index (χ4n) is 1.51. The molecule has 0 saturated carbocycles. The summed E-state index contributed by atoms with van der Waals surface area (Å²) >= 11 is 0. The Hall–Kier alpha value is -1.67. The van der Waals surface area contributed by atoms with E-state index in [2.05, 4.69) is 19.9 Å². The van der Waals surface area contributed by atoms with E-state index in [1.165, 1.54) is 12.4 Å². The Balaban J connectivity index is 1.69. The molecule has 0 unspecified atom stereocenters. The maximum atomic E-state index is 11.7. The molecule has 8 heteroatoms. The van der Waals surface area contributed by atoms with Gasteiger partial charge in [-0.25, -0.2) is 18.1 Å². The molecule has 0 amide bonds. The van der Waals surface area contributed by atoms with Crippen molar-refractivity contribution in [3.63, 3.8) is 0 Å². The number of nitrogens with zero attached hydrogens (tertiary/aromatic N) is 3. The number of imidazole rings is 1. The number of sulfonamides is 1. The lowest BCUT2D eigenvalue weighted by Crippen LogP contribution is -2.24. The van der Waals surface area contributed by atoms with Gasteiger partial charge in [0, 0.05) is 31.7 Å². The van der Waals surface area contributed by atoms with E-state index in [1.54, 1.807) is 12.5 Å². The number of aromatic nitrogens is 4. The zero-order valence-corrected chi connectivity index (χ0v) is 10.6. The summed E-state index contributed by atoms with van der Waals surface area (Å²) < 4.78 is 27.9. The first-order chi connectivity index (χ1) is 8.68. The van der Waals surface area contributed by atoms with Gasteiger partial charge >= 0.3 is 0 Å². The van der Waals surface area contributed by atoms with Gasteiger partial charge in [0.25, 0.3) is 0 Å². The van der Waals surface area contributed by atoms with E-state index in [0.717, 1.165) is 19.4 Å². The highest BCUT2D eigenvalue weighted by Gasteiger charge is 2.13. The third-order valence-electron chi connectivity index (χ3n) is 2.48. The lowest BCUT2D eigenvalue weighted by molar-refractivity contribution is 0.566. The molecular weight excluding hydrogens is 254 g/mol. The summed E-state index contributed by atoms with van der Waals surface area (Å²) in [5.41, 5.74) is 0. The monoisotopic (exact) mass is 269 g/mol. The molecule has 0 aliphatic carbocycles. The molecule has 0 fully saturated rings. The zero-order chi connectivity index (χ0) is 12.8. The highest BCUT2D eigenvalue weighted by Crippen LogP contribution is 2.04. The summed E-state index contributed by atoms with van der Waals surface area (Å²) in [5.74, 6) is 0. The fourth-order valence-corrected chi connectivity index (χ4v) is 2.49. The number of hydrogen-bond acceptors (Lipinski definition) is 4. The van der Waals surface area contributed by atoms with E-state index in [4.69, 9.17) is 0 Å². The number of rotatable bonds is 7. The summed E-state index contributed by atoms with van der Waals surface area (Å²) in [6.07, 6.45) is 9.66. The van der Waals surface area contributed by atoms with Gasteiger partial charge in [0.1, 0.15) is 4.90 Å². The van der Waals surface area contributed by atoms with E-state index in [0.29, 0.717) is 6.54 Å². The van der Waals surface area contributed by atoms with E-state index in [1.807, 2.05) is 10.8 Å². The van der Waals surface area contributed by atoms with Crippen molar-refractivity contribution in [1.29, 1.82) is 0 Å². The fraction of sp³-hybridized carbons (Fsp3) is 0.400. The van der Waals surface area contributed by atoms with Crippen molar-refractivity contribution in [2.75, 3.05) is 6.54 Å². The number of unbranched alkanes of at least 4 members (excludes halogenated alkanes) is 1. The molecule has 2 aromatic rings. The zero-order valence-electron chi connectivity index (χ0n) is 9.78. The van der Waals surface area contributed by atoms with Crippen LogP contribution >= 0.6 is 0 Å². The topological polar surface area (TPSA) is 92.7 Å². The Labute approximate surface area is 105 Å². The maximum Gasteiger partial charge on any atom is 0.243 e. The van der Waals surface area contributed by atoms with Crippen LogP contribution in [-0.2, 0) is 16.6 Å². The predicted molar refractivity (Wildman–Crippen MR) is 65.2 cm³/mol. The van der Waals surface area contributed by atoms with Crippen LogP contribution in [0.15, 0.2) is 36.0 Å². The van der Waals surface area contributed by atoms with Crippen LogP contribution in [0.4, 0.5) is 0 Å². The van der Waals surface area contributed by atoms with Gasteiger partial charge in [-0.3, -0.25) is 5.10 Å². The highest BCUT2D eigenvalue weighted by molar-refractivity contribution is 7.89. The second kappa shape index (κ2) is 5.78. The average Bonchev–Trinajstić information content (AvgIpc) is 3.02. The molecule has 18 heavy (non-hydrogen) atoms. The molecule has 0 bridgehead atoms. The van der Waals surface area contributed by atoms with Gasteiger partial charge < -0.3 is 4.57 Å². The molecule has 0 spiro atoms. The lowest BCUT2D eigenvalue weighted by Gasteiger charge is -2.05. The average molecular weight is 269 g/mol. The molecule has 0 radical (unpaired) electrons. The van der Waals surface area contributed by atoms with Crippen LogP contribution in [0.1, 0.15) is 12.8 Å². The van der Waals surface area contributed by atoms with Crippen molar-refractivity contribution in [3.8, 4) is 0 Å². The summed E-state index contributed by atoms with van der Waals surface area (Å²) in [7, 11) is -3.41. The van der Waals surface area contributed by atoms with Gasteiger partial charge in [-0.2, -0.15) is 5.10 Å². The standard InChI is InChI=1S/C10H15N5O2S/c16-18(17,10-7-12-13-8-10)14-3-1-2-5-15-6-4-11-9-15/h4,6-9,14H,1-3,5H2,(H,12,13). The van der Waals surface area contributed by atoms with Crippen LogP contribution in [0.3, 0.4) is 0 Å². The number of aromatic amines is 1. The number of aryl methyl sites for hydroxylation is 1. The van der Waals surface area contributed by atoms with E-state index < -0.39 is 10.0 Å². The van der Waals surface area contributed by atoms with Crippen LogP contribution in [-0.4, -0.2) is 34.7 Å². The maximum absolute atomic E-state index is 11.7. The van der Waals surface area contributed by atoms with Crippen molar-refractivity contribution in [2.24, 2.45) is 0 Å². The Bertz CT molecular complexity index is 547. The predicted octanol–water partition coefficient (Wildman–Crippen LogP) is 0.365. The summed E-state index contributed by atoms with van der Waals surface area (Å²) in [5, 5.41) is 6.09. The molecule has 7 nitrogen and oxygen atoms in total. The molecule has 0 aromatic carbocycles. The largest absolute Gasteiger partial charge is 0.337 e. The van der Waals surface area contributed by atoms with E-state index in [-0.39, 0.29) is 4.90 Å². The van der Waals surface area contributed by atoms with Gasteiger partial charge in [0.15, 0.2) is 0 Å². The van der Waals surface area contributed by atoms with Gasteiger partial charge in [-0.15, -0.1) is 0 Å². The summed E-state index contributed by atoms with van der Waals surface area (Å²) in [6.45, 7) is 1.26. The minimum Gasteiger partial charge on any atom is -0.337 e. The molecule has 98 valence electrons. The van der Waals surface area contributed by atoms with Crippen molar-refractivity contribution < 1.29 is 8.42 Å². The molecule has 2 aromatic heterocycles. The molecular formula is C10H15N5O2S. The Morgan fingerprint density at radius 2 is 2.28 bits per heavy atom. The summed E-state index contributed by atoms with van der Waals surface area (Å²) in [6, 6.07) is 0. The van der Waals surface area contributed by atoms with Crippen LogP contribution in [0.5, 0.6) is 0 Å². The van der Waals surface area contributed by atoms with Crippen molar-refractivity contribution >= 4 is 10.0 Å². The van der Waals surface area contributed by atoms with Crippen LogP contribution in [0.25, 0.3) is 0 Å². The number of nitrogens with one attached hydrogen (secondary N) is 2. The molecule has 2 N–H and O–H groups in total. The molecule has 0 aliphatic heterocycles. The molecule has 2 heterocycles. The summed E-state index contributed by atoms with van der Waals surface area (Å²) in [4.78, 5) is 4.10. The first kappa shape index (κ1) is 12.8. The van der Waals surface area contributed by atoms with Gasteiger partial charge in [0.2, 0.25) is 10.0 Å². The van der Waals surface area contributed by atoms with Gasteiger partial charge in [-0.05, 0) is 12.8 Å². The van der Waals surface area contributed by atoms with E-state index >= 15 is 0 Å². The third kappa shape index (κ3) is 3.41. The SMILES string of the molecule is O=S(=O)(NCCCCn1ccnc1)c1cn[nH]c1. The first-order valence-electron chi connectivity index (χ1n) is 5.63. The first-order valence-corrected chi connectivity index (χ1v) is 7.11. The third-order valence-corrected chi connectivity index (χ3v) is 3.91. The normalized spacial score (nSPS) is 11.8. The van der Waals surface area contributed by atoms with Gasteiger partial charge in [0.05, 0.1) is 12.5 Å². The minimum atomic E-state index is -3.41. The Kier molecular flexibility index (Phi) is 4.11. The second-order valence-electron chi connectivity index (χ2n) is 3.84. The number of hydrogen-bond donors (Lipinski definition) is 2. The smallest absolute Gasteiger partial charge is 0.243 e. The quantitative estimate of drug-likeness (QED) is 0.710. The lowest BCUT2D eigenvalue weighted by atomic mass is 10.3. The Morgan fingerprint density at radius 1 is 1.39 bits per heavy atom.